The Balaban J connectivity index is 2.06. The van der Waals surface area contributed by atoms with Crippen molar-refractivity contribution in [2.75, 3.05) is 19.0 Å². The standard InChI is InChI=1S/C17H20ClNO2/c1-4-21-15-8-5-13(6-9-15)12(2)19-14-7-10-17(20-3)16(18)11-14/h5-12,19H,4H2,1-3H3. The first-order chi connectivity index (χ1) is 10.1. The molecule has 0 aliphatic carbocycles. The molecule has 112 valence electrons. The van der Waals surface area contributed by atoms with Crippen LogP contribution in [0, 0.1) is 0 Å². The van der Waals surface area contributed by atoms with Crippen molar-refractivity contribution in [2.24, 2.45) is 0 Å². The second kappa shape index (κ2) is 7.23. The van der Waals surface area contributed by atoms with Gasteiger partial charge in [0, 0.05) is 11.7 Å². The summed E-state index contributed by atoms with van der Waals surface area (Å²) in [4.78, 5) is 0. The molecule has 1 atom stereocenters. The highest BCUT2D eigenvalue weighted by Crippen LogP contribution is 2.29. The maximum atomic E-state index is 6.13. The van der Waals surface area contributed by atoms with Crippen LogP contribution in [0.3, 0.4) is 0 Å². The molecule has 2 aromatic carbocycles. The fourth-order valence-corrected chi connectivity index (χ4v) is 2.37. The molecule has 3 nitrogen and oxygen atoms in total. The Kier molecular flexibility index (Phi) is 5.34. The normalized spacial score (nSPS) is 11.8. The van der Waals surface area contributed by atoms with Gasteiger partial charge < -0.3 is 14.8 Å². The van der Waals surface area contributed by atoms with Crippen LogP contribution in [0.1, 0.15) is 25.5 Å². The molecule has 0 fully saturated rings. The van der Waals surface area contributed by atoms with Crippen molar-refractivity contribution in [3.8, 4) is 11.5 Å². The molecule has 21 heavy (non-hydrogen) atoms. The van der Waals surface area contributed by atoms with Crippen LogP contribution in [0.2, 0.25) is 5.02 Å². The second-order valence-corrected chi connectivity index (χ2v) is 5.12. The third-order valence-electron chi connectivity index (χ3n) is 3.23. The lowest BCUT2D eigenvalue weighted by molar-refractivity contribution is 0.340. The fraction of sp³-hybridized carbons (Fsp3) is 0.294. The Labute approximate surface area is 130 Å². The van der Waals surface area contributed by atoms with E-state index in [9.17, 15) is 0 Å². The Morgan fingerprint density at radius 1 is 1.14 bits per heavy atom. The van der Waals surface area contributed by atoms with Gasteiger partial charge in [-0.05, 0) is 49.7 Å². The predicted molar refractivity (Wildman–Crippen MR) is 87.7 cm³/mol. The van der Waals surface area contributed by atoms with Gasteiger partial charge >= 0.3 is 0 Å². The highest BCUT2D eigenvalue weighted by Gasteiger charge is 2.07. The summed E-state index contributed by atoms with van der Waals surface area (Å²) in [6.07, 6.45) is 0. The van der Waals surface area contributed by atoms with Gasteiger partial charge in [-0.2, -0.15) is 0 Å². The van der Waals surface area contributed by atoms with Gasteiger partial charge in [0.25, 0.3) is 0 Å². The van der Waals surface area contributed by atoms with E-state index < -0.39 is 0 Å². The molecule has 0 saturated heterocycles. The molecular weight excluding hydrogens is 286 g/mol. The van der Waals surface area contributed by atoms with Crippen LogP contribution in [-0.2, 0) is 0 Å². The second-order valence-electron chi connectivity index (χ2n) is 4.72. The smallest absolute Gasteiger partial charge is 0.137 e. The molecule has 0 spiro atoms. The van der Waals surface area contributed by atoms with Gasteiger partial charge in [0.15, 0.2) is 0 Å². The summed E-state index contributed by atoms with van der Waals surface area (Å²) in [5, 5.41) is 4.02. The van der Waals surface area contributed by atoms with E-state index in [4.69, 9.17) is 21.1 Å². The summed E-state index contributed by atoms with van der Waals surface area (Å²) in [5.74, 6) is 1.57. The molecule has 0 aliphatic heterocycles. The molecule has 0 amide bonds. The topological polar surface area (TPSA) is 30.5 Å². The van der Waals surface area contributed by atoms with Crippen molar-refractivity contribution in [2.45, 2.75) is 19.9 Å². The zero-order valence-electron chi connectivity index (χ0n) is 12.5. The molecule has 0 saturated carbocycles. The number of ether oxygens (including phenoxy) is 2. The zero-order valence-corrected chi connectivity index (χ0v) is 13.3. The highest BCUT2D eigenvalue weighted by molar-refractivity contribution is 6.32. The molecule has 1 unspecified atom stereocenters. The Bertz CT molecular complexity index is 584. The van der Waals surface area contributed by atoms with E-state index >= 15 is 0 Å². The van der Waals surface area contributed by atoms with E-state index in [1.165, 1.54) is 5.56 Å². The molecule has 0 radical (unpaired) electrons. The third-order valence-corrected chi connectivity index (χ3v) is 3.52. The summed E-state index contributed by atoms with van der Waals surface area (Å²) in [5.41, 5.74) is 2.15. The lowest BCUT2D eigenvalue weighted by Crippen LogP contribution is -2.06. The molecule has 0 bridgehead atoms. The first kappa shape index (κ1) is 15.5. The van der Waals surface area contributed by atoms with E-state index in [-0.39, 0.29) is 6.04 Å². The van der Waals surface area contributed by atoms with E-state index in [1.807, 2.05) is 37.3 Å². The Morgan fingerprint density at radius 2 is 1.86 bits per heavy atom. The number of anilines is 1. The first-order valence-electron chi connectivity index (χ1n) is 6.97. The fourth-order valence-electron chi connectivity index (χ4n) is 2.11. The van der Waals surface area contributed by atoms with Crippen molar-refractivity contribution in [3.05, 3.63) is 53.1 Å². The zero-order chi connectivity index (χ0) is 15.2. The van der Waals surface area contributed by atoms with Crippen LogP contribution < -0.4 is 14.8 Å². The molecule has 0 heterocycles. The monoisotopic (exact) mass is 305 g/mol. The largest absolute Gasteiger partial charge is 0.495 e. The molecule has 0 aliphatic rings. The molecule has 1 N–H and O–H groups in total. The van der Waals surface area contributed by atoms with Gasteiger partial charge in [-0.3, -0.25) is 0 Å². The average molecular weight is 306 g/mol. The quantitative estimate of drug-likeness (QED) is 0.821. The maximum Gasteiger partial charge on any atom is 0.137 e. The van der Waals surface area contributed by atoms with E-state index in [0.29, 0.717) is 17.4 Å². The number of rotatable bonds is 6. The summed E-state index contributed by atoms with van der Waals surface area (Å²) in [6, 6.07) is 13.9. The number of methoxy groups -OCH3 is 1. The molecule has 2 aromatic rings. The van der Waals surface area contributed by atoms with Crippen LogP contribution in [0.5, 0.6) is 11.5 Å². The molecule has 4 heteroatoms. The summed E-state index contributed by atoms with van der Waals surface area (Å²) in [7, 11) is 1.61. The number of hydrogen-bond acceptors (Lipinski definition) is 3. The highest BCUT2D eigenvalue weighted by atomic mass is 35.5. The lowest BCUT2D eigenvalue weighted by atomic mass is 10.1. The third kappa shape index (κ3) is 4.05. The number of hydrogen-bond donors (Lipinski definition) is 1. The number of benzene rings is 2. The van der Waals surface area contributed by atoms with Crippen LogP contribution >= 0.6 is 11.6 Å². The van der Waals surface area contributed by atoms with Crippen molar-refractivity contribution in [3.63, 3.8) is 0 Å². The minimum absolute atomic E-state index is 0.171. The van der Waals surface area contributed by atoms with Crippen molar-refractivity contribution in [1.29, 1.82) is 0 Å². The Morgan fingerprint density at radius 3 is 2.43 bits per heavy atom. The van der Waals surface area contributed by atoms with Crippen LogP contribution in [0.15, 0.2) is 42.5 Å². The van der Waals surface area contributed by atoms with E-state index in [2.05, 4.69) is 24.4 Å². The van der Waals surface area contributed by atoms with Gasteiger partial charge in [0.2, 0.25) is 0 Å². The Hall–Kier alpha value is -1.87. The lowest BCUT2D eigenvalue weighted by Gasteiger charge is -2.17. The summed E-state index contributed by atoms with van der Waals surface area (Å²) >= 11 is 6.13. The van der Waals surface area contributed by atoms with Gasteiger partial charge in [-0.15, -0.1) is 0 Å². The van der Waals surface area contributed by atoms with Gasteiger partial charge in [0.05, 0.1) is 18.7 Å². The number of halogens is 1. The minimum Gasteiger partial charge on any atom is -0.495 e. The first-order valence-corrected chi connectivity index (χ1v) is 7.34. The van der Waals surface area contributed by atoms with Crippen molar-refractivity contribution < 1.29 is 9.47 Å². The van der Waals surface area contributed by atoms with E-state index in [1.54, 1.807) is 7.11 Å². The van der Waals surface area contributed by atoms with Crippen molar-refractivity contribution >= 4 is 17.3 Å². The van der Waals surface area contributed by atoms with Gasteiger partial charge in [-0.1, -0.05) is 23.7 Å². The van der Waals surface area contributed by atoms with Gasteiger partial charge in [-0.25, -0.2) is 0 Å². The minimum atomic E-state index is 0.171. The average Bonchev–Trinajstić information content (AvgIpc) is 2.48. The SMILES string of the molecule is CCOc1ccc(C(C)Nc2ccc(OC)c(Cl)c2)cc1. The number of nitrogens with one attached hydrogen (secondary N) is 1. The summed E-state index contributed by atoms with van der Waals surface area (Å²) < 4.78 is 10.6. The van der Waals surface area contributed by atoms with Crippen molar-refractivity contribution in [1.82, 2.24) is 0 Å². The molecular formula is C17H20ClNO2. The van der Waals surface area contributed by atoms with E-state index in [0.717, 1.165) is 11.4 Å². The maximum absolute atomic E-state index is 6.13. The molecule has 0 aromatic heterocycles. The molecule has 2 rings (SSSR count). The summed E-state index contributed by atoms with van der Waals surface area (Å²) in [6.45, 7) is 4.76. The van der Waals surface area contributed by atoms with Crippen LogP contribution in [0.4, 0.5) is 5.69 Å². The van der Waals surface area contributed by atoms with Crippen LogP contribution in [0.25, 0.3) is 0 Å². The van der Waals surface area contributed by atoms with Gasteiger partial charge in [0.1, 0.15) is 11.5 Å². The predicted octanol–water partition coefficient (Wildman–Crippen LogP) is 4.92. The van der Waals surface area contributed by atoms with Crippen LogP contribution in [-0.4, -0.2) is 13.7 Å².